The lowest BCUT2D eigenvalue weighted by Crippen LogP contribution is -2.73. The van der Waals surface area contributed by atoms with E-state index in [9.17, 15) is 32.5 Å². The van der Waals surface area contributed by atoms with Gasteiger partial charge in [0.15, 0.2) is 16.8 Å². The number of guanidine groups is 1. The van der Waals surface area contributed by atoms with E-state index in [0.717, 1.165) is 16.1 Å². The summed E-state index contributed by atoms with van der Waals surface area (Å²) < 4.78 is 33.7. The Hall–Kier alpha value is -4.41. The standard InChI is InChI=1S/C20H28N12O8S2/c21-4-1-5-30(18(22)23)7-10-6-25-31(28-10)8-12-14(16(34)32(12)42(37,38)39)27-15(33)13(11-9-41-19(24)26-11)29-40-20(2-3-20)17(35)36/h6,9,12,14H,1-5,7-8,21H2,(H3,22,23)(H2,24,26)(H,27,33)(H,35,36)(H,37,38,39)/b29-13-/t12-,14?/m0/s1. The molecule has 22 heteroatoms. The zero-order chi connectivity index (χ0) is 30.8. The minimum Gasteiger partial charge on any atom is -0.478 e. The molecule has 2 fully saturated rings. The molecule has 2 aromatic heterocycles. The second-order valence-electron chi connectivity index (χ2n) is 9.37. The third-order valence-electron chi connectivity index (χ3n) is 6.35. The minimum atomic E-state index is -5.04. The van der Waals surface area contributed by atoms with Gasteiger partial charge in [0.2, 0.25) is 5.60 Å². The Labute approximate surface area is 241 Å². The highest BCUT2D eigenvalue weighted by Gasteiger charge is 2.56. The first-order chi connectivity index (χ1) is 19.8. The number of nitrogens with zero attached hydrogens (tertiary/aromatic N) is 7. The number of carboxylic acid groups (broad SMARTS) is 1. The van der Waals surface area contributed by atoms with E-state index in [2.05, 4.69) is 25.7 Å². The van der Waals surface area contributed by atoms with E-state index in [1.165, 1.54) is 16.5 Å². The van der Waals surface area contributed by atoms with Gasteiger partial charge in [-0.25, -0.2) is 14.1 Å². The second kappa shape index (κ2) is 11.8. The summed E-state index contributed by atoms with van der Waals surface area (Å²) in [5.41, 5.74) is 14.9. The summed E-state index contributed by atoms with van der Waals surface area (Å²) in [6.45, 7) is 0.468. The van der Waals surface area contributed by atoms with Crippen molar-refractivity contribution in [2.75, 3.05) is 18.8 Å². The van der Waals surface area contributed by atoms with E-state index in [-0.39, 0.29) is 47.0 Å². The van der Waals surface area contributed by atoms with Gasteiger partial charge in [0.1, 0.15) is 23.5 Å². The van der Waals surface area contributed by atoms with Crippen molar-refractivity contribution in [3.8, 4) is 0 Å². The average Bonchev–Trinajstić information content (AvgIpc) is 3.38. The number of carboxylic acids is 1. The fourth-order valence-electron chi connectivity index (χ4n) is 3.97. The van der Waals surface area contributed by atoms with Crippen LogP contribution in [0.2, 0.25) is 0 Å². The van der Waals surface area contributed by atoms with Crippen molar-refractivity contribution < 1.29 is 37.3 Å². The maximum atomic E-state index is 13.2. The molecule has 0 bridgehead atoms. The van der Waals surface area contributed by atoms with E-state index in [4.69, 9.17) is 27.4 Å². The second-order valence-corrected chi connectivity index (χ2v) is 11.6. The lowest BCUT2D eigenvalue weighted by atomic mass is 9.98. The molecule has 20 nitrogen and oxygen atoms in total. The number of aromatic nitrogens is 4. The summed E-state index contributed by atoms with van der Waals surface area (Å²) in [5.74, 6) is -3.71. The van der Waals surface area contributed by atoms with Crippen LogP contribution >= 0.6 is 11.3 Å². The molecule has 1 saturated heterocycles. The molecule has 0 radical (unpaired) electrons. The number of carbonyl (C=O) groups excluding carboxylic acids is 2. The summed E-state index contributed by atoms with van der Waals surface area (Å²) in [5, 5.41) is 32.8. The predicted molar refractivity (Wildman–Crippen MR) is 144 cm³/mol. The zero-order valence-corrected chi connectivity index (χ0v) is 23.4. The molecule has 42 heavy (non-hydrogen) atoms. The summed E-state index contributed by atoms with van der Waals surface area (Å²) in [4.78, 5) is 49.1. The number of nitrogens with two attached hydrogens (primary N) is 3. The van der Waals surface area contributed by atoms with E-state index in [1.54, 1.807) is 0 Å². The fourth-order valence-corrected chi connectivity index (χ4v) is 5.38. The van der Waals surface area contributed by atoms with Gasteiger partial charge in [-0.05, 0) is 13.0 Å². The maximum absolute atomic E-state index is 13.2. The first-order valence-corrected chi connectivity index (χ1v) is 14.5. The smallest absolute Gasteiger partial charge is 0.362 e. The van der Waals surface area contributed by atoms with Gasteiger partial charge in [-0.1, -0.05) is 5.16 Å². The van der Waals surface area contributed by atoms with Gasteiger partial charge in [0, 0.05) is 24.8 Å². The van der Waals surface area contributed by atoms with Crippen LogP contribution in [0.25, 0.3) is 0 Å². The number of amides is 2. The van der Waals surface area contributed by atoms with Gasteiger partial charge in [0.05, 0.1) is 19.3 Å². The van der Waals surface area contributed by atoms with Crippen LogP contribution < -0.4 is 22.5 Å². The zero-order valence-electron chi connectivity index (χ0n) is 21.8. The van der Waals surface area contributed by atoms with Gasteiger partial charge >= 0.3 is 16.3 Å². The molecule has 2 aliphatic rings. The molecule has 10 N–H and O–H groups in total. The third-order valence-corrected chi connectivity index (χ3v) is 7.97. The molecule has 4 rings (SSSR count). The number of nitrogens with one attached hydrogen (secondary N) is 2. The van der Waals surface area contributed by atoms with Crippen LogP contribution in [0.15, 0.2) is 16.7 Å². The number of oxime groups is 1. The van der Waals surface area contributed by atoms with Crippen molar-refractivity contribution in [1.82, 2.24) is 34.5 Å². The van der Waals surface area contributed by atoms with E-state index >= 15 is 0 Å². The normalized spacial score (nSPS) is 19.6. The first-order valence-electron chi connectivity index (χ1n) is 12.3. The number of β-lactam (4-membered cyclic amide) rings is 1. The van der Waals surface area contributed by atoms with Gasteiger partial charge in [-0.3, -0.25) is 19.6 Å². The highest BCUT2D eigenvalue weighted by Crippen LogP contribution is 2.40. The van der Waals surface area contributed by atoms with Crippen molar-refractivity contribution >= 4 is 56.2 Å². The van der Waals surface area contributed by atoms with Gasteiger partial charge in [0.25, 0.3) is 11.8 Å². The van der Waals surface area contributed by atoms with E-state index < -0.39 is 51.5 Å². The number of thiazole rings is 1. The van der Waals surface area contributed by atoms with Crippen LogP contribution in [0.3, 0.4) is 0 Å². The van der Waals surface area contributed by atoms with Crippen molar-refractivity contribution in [3.05, 3.63) is 23.0 Å². The molecule has 2 aromatic rings. The van der Waals surface area contributed by atoms with Crippen LogP contribution in [-0.4, -0.2) is 107 Å². The Morgan fingerprint density at radius 2 is 2.10 bits per heavy atom. The highest BCUT2D eigenvalue weighted by atomic mass is 32.2. The quantitative estimate of drug-likeness (QED) is 0.0358. The Kier molecular flexibility index (Phi) is 8.60. The van der Waals surface area contributed by atoms with Crippen molar-refractivity contribution in [2.24, 2.45) is 16.6 Å². The van der Waals surface area contributed by atoms with Crippen molar-refractivity contribution in [3.63, 3.8) is 0 Å². The molecule has 0 spiro atoms. The van der Waals surface area contributed by atoms with Gasteiger partial charge in [-0.2, -0.15) is 23.4 Å². The molecule has 3 heterocycles. The number of rotatable bonds is 14. The largest absolute Gasteiger partial charge is 0.478 e. The van der Waals surface area contributed by atoms with E-state index in [1.807, 2.05) is 0 Å². The van der Waals surface area contributed by atoms with E-state index in [0.29, 0.717) is 25.2 Å². The Morgan fingerprint density at radius 1 is 1.38 bits per heavy atom. The maximum Gasteiger partial charge on any atom is 0.362 e. The topological polar surface area (TPSA) is 311 Å². The van der Waals surface area contributed by atoms with Crippen LogP contribution in [0.1, 0.15) is 30.7 Å². The molecular weight excluding hydrogens is 600 g/mol. The minimum absolute atomic E-state index is 0.0620. The fraction of sp³-hybridized carbons (Fsp3) is 0.500. The monoisotopic (exact) mass is 628 g/mol. The van der Waals surface area contributed by atoms with Crippen molar-refractivity contribution in [1.29, 1.82) is 5.41 Å². The molecule has 1 saturated carbocycles. The molecule has 1 aliphatic heterocycles. The molecule has 1 aliphatic carbocycles. The average molecular weight is 629 g/mol. The SMILES string of the molecule is N=C(N)N(CCCN)Cc1cnn(C[C@H]2C(NC(=O)/C(=N\OC3(C(=O)O)CC3)c3csc(N)n3)C(=O)N2S(=O)(=O)O)n1. The summed E-state index contributed by atoms with van der Waals surface area (Å²) in [6.07, 6.45) is 2.21. The first kappa shape index (κ1) is 30.5. The highest BCUT2D eigenvalue weighted by molar-refractivity contribution is 7.84. The Bertz CT molecular complexity index is 1520. The molecule has 2 amide bonds. The van der Waals surface area contributed by atoms with Crippen LogP contribution in [-0.2, 0) is 42.6 Å². The Balaban J connectivity index is 1.53. The number of carbonyl (C=O) groups is 3. The van der Waals surface area contributed by atoms with Crippen LogP contribution in [0, 0.1) is 5.41 Å². The van der Waals surface area contributed by atoms with Crippen LogP contribution in [0.4, 0.5) is 5.13 Å². The lowest BCUT2D eigenvalue weighted by Gasteiger charge is -2.43. The van der Waals surface area contributed by atoms with Crippen molar-refractivity contribution in [2.45, 2.75) is 50.0 Å². The number of hydrogen-bond acceptors (Lipinski definition) is 14. The molecular formula is C20H28N12O8S2. The summed E-state index contributed by atoms with van der Waals surface area (Å²) in [6, 6.07) is -2.86. The summed E-state index contributed by atoms with van der Waals surface area (Å²) in [7, 11) is -5.04. The van der Waals surface area contributed by atoms with Gasteiger partial charge in [-0.15, -0.1) is 11.3 Å². The molecule has 1 unspecified atom stereocenters. The summed E-state index contributed by atoms with van der Waals surface area (Å²) >= 11 is 0.959. The van der Waals surface area contributed by atoms with Crippen LogP contribution in [0.5, 0.6) is 0 Å². The Morgan fingerprint density at radius 3 is 2.64 bits per heavy atom. The third kappa shape index (κ3) is 6.56. The number of anilines is 1. The molecule has 228 valence electrons. The predicted octanol–water partition coefficient (Wildman–Crippen LogP) is -3.10. The lowest BCUT2D eigenvalue weighted by molar-refractivity contribution is -0.153. The molecule has 2 atom stereocenters. The number of aliphatic carboxylic acids is 1. The number of hydrogen-bond donors (Lipinski definition) is 7. The van der Waals surface area contributed by atoms with Gasteiger partial charge < -0.3 is 37.4 Å². The number of nitrogen functional groups attached to an aromatic ring is 1. The molecule has 0 aromatic carbocycles.